The lowest BCUT2D eigenvalue weighted by atomic mass is 9.94. The topological polar surface area (TPSA) is 58.4 Å². The van der Waals surface area contributed by atoms with E-state index in [4.69, 9.17) is 0 Å². The summed E-state index contributed by atoms with van der Waals surface area (Å²) in [5, 5.41) is 4.49. The molecule has 29 heavy (non-hydrogen) atoms. The van der Waals surface area contributed by atoms with E-state index in [9.17, 15) is 9.59 Å². The van der Waals surface area contributed by atoms with Crippen LogP contribution in [0.4, 0.5) is 0 Å². The molecule has 4 rings (SSSR count). The van der Waals surface area contributed by atoms with Crippen LogP contribution < -0.4 is 0 Å². The van der Waals surface area contributed by atoms with E-state index in [1.54, 1.807) is 0 Å². The molecule has 0 saturated carbocycles. The van der Waals surface area contributed by atoms with E-state index in [0.29, 0.717) is 24.6 Å². The second-order valence-corrected chi connectivity index (χ2v) is 8.34. The van der Waals surface area contributed by atoms with E-state index >= 15 is 0 Å². The molecule has 2 amide bonds. The Morgan fingerprint density at radius 2 is 1.55 bits per heavy atom. The molecular weight excluding hydrogens is 364 g/mol. The van der Waals surface area contributed by atoms with Crippen LogP contribution in [0.3, 0.4) is 0 Å². The van der Waals surface area contributed by atoms with E-state index in [1.807, 2.05) is 58.7 Å². The van der Waals surface area contributed by atoms with Crippen LogP contribution >= 0.6 is 0 Å². The maximum absolute atomic E-state index is 12.9. The second-order valence-electron chi connectivity index (χ2n) is 8.34. The van der Waals surface area contributed by atoms with Crippen molar-refractivity contribution in [1.29, 1.82) is 0 Å². The van der Waals surface area contributed by atoms with Crippen LogP contribution in [0.5, 0.6) is 0 Å². The molecule has 0 spiro atoms. The lowest BCUT2D eigenvalue weighted by molar-refractivity contribution is -0.137. The first kappa shape index (κ1) is 19.7. The van der Waals surface area contributed by atoms with Gasteiger partial charge >= 0.3 is 0 Å². The van der Waals surface area contributed by atoms with Gasteiger partial charge in [0.2, 0.25) is 5.91 Å². The number of piperidine rings is 2. The Morgan fingerprint density at radius 3 is 2.14 bits per heavy atom. The summed E-state index contributed by atoms with van der Waals surface area (Å²) in [6.45, 7) is 7.11. The van der Waals surface area contributed by atoms with Crippen molar-refractivity contribution in [2.24, 2.45) is 5.92 Å². The Hall–Kier alpha value is -2.63. The Kier molecular flexibility index (Phi) is 5.69. The number of aromatic nitrogens is 2. The number of likely N-dealkylation sites (tertiary alicyclic amines) is 2. The molecule has 6 nitrogen and oxygen atoms in total. The number of hydrogen-bond acceptors (Lipinski definition) is 3. The standard InChI is InChI=1S/C23H30N4O2/c1-17-16-18(2)27(24-17)21-8-6-19(7-9-21)22(28)26-14-10-20(11-15-26)23(29)25-12-4-3-5-13-25/h6-9,16,20H,3-5,10-15H2,1-2H3. The van der Waals surface area contributed by atoms with Crippen molar-refractivity contribution in [3.63, 3.8) is 0 Å². The minimum Gasteiger partial charge on any atom is -0.342 e. The molecule has 2 aromatic rings. The Labute approximate surface area is 172 Å². The molecule has 1 aromatic carbocycles. The molecule has 3 heterocycles. The van der Waals surface area contributed by atoms with E-state index in [1.165, 1.54) is 6.42 Å². The van der Waals surface area contributed by atoms with Crippen molar-refractivity contribution in [3.8, 4) is 5.69 Å². The van der Waals surface area contributed by atoms with Gasteiger partial charge < -0.3 is 9.80 Å². The number of nitrogens with zero attached hydrogens (tertiary/aromatic N) is 4. The number of hydrogen-bond donors (Lipinski definition) is 0. The molecular formula is C23H30N4O2. The quantitative estimate of drug-likeness (QED) is 0.802. The second kappa shape index (κ2) is 8.39. The van der Waals surface area contributed by atoms with Crippen molar-refractivity contribution in [3.05, 3.63) is 47.3 Å². The minimum atomic E-state index is 0.0498. The van der Waals surface area contributed by atoms with Gasteiger partial charge in [0.15, 0.2) is 0 Å². The van der Waals surface area contributed by atoms with Crippen LogP contribution in [0.25, 0.3) is 5.69 Å². The molecule has 0 N–H and O–H groups in total. The highest BCUT2D eigenvalue weighted by atomic mass is 16.2. The molecule has 0 atom stereocenters. The van der Waals surface area contributed by atoms with E-state index in [2.05, 4.69) is 5.10 Å². The molecule has 0 radical (unpaired) electrons. The van der Waals surface area contributed by atoms with E-state index < -0.39 is 0 Å². The third kappa shape index (κ3) is 4.21. The summed E-state index contributed by atoms with van der Waals surface area (Å²) in [5.41, 5.74) is 3.70. The lowest BCUT2D eigenvalue weighted by Gasteiger charge is -2.35. The molecule has 0 aliphatic carbocycles. The van der Waals surface area contributed by atoms with Crippen LogP contribution in [0.1, 0.15) is 53.8 Å². The average Bonchev–Trinajstić information content (AvgIpc) is 3.11. The van der Waals surface area contributed by atoms with Crippen LogP contribution in [0.2, 0.25) is 0 Å². The van der Waals surface area contributed by atoms with Crippen LogP contribution in [0, 0.1) is 19.8 Å². The Balaban J connectivity index is 1.36. The van der Waals surface area contributed by atoms with E-state index in [-0.39, 0.29) is 11.8 Å². The monoisotopic (exact) mass is 394 g/mol. The van der Waals surface area contributed by atoms with Crippen LogP contribution in [-0.2, 0) is 4.79 Å². The maximum Gasteiger partial charge on any atom is 0.253 e. The zero-order valence-corrected chi connectivity index (χ0v) is 17.4. The third-order valence-corrected chi connectivity index (χ3v) is 6.17. The molecule has 2 fully saturated rings. The predicted molar refractivity (Wildman–Crippen MR) is 112 cm³/mol. The number of aryl methyl sites for hydroxylation is 2. The molecule has 6 heteroatoms. The number of benzene rings is 1. The largest absolute Gasteiger partial charge is 0.342 e. The van der Waals surface area contributed by atoms with Gasteiger partial charge in [-0.2, -0.15) is 5.10 Å². The summed E-state index contributed by atoms with van der Waals surface area (Å²) >= 11 is 0. The first-order valence-electron chi connectivity index (χ1n) is 10.7. The van der Waals surface area contributed by atoms with E-state index in [0.717, 1.165) is 55.8 Å². The summed E-state index contributed by atoms with van der Waals surface area (Å²) in [6.07, 6.45) is 5.01. The van der Waals surface area contributed by atoms with Crippen molar-refractivity contribution in [1.82, 2.24) is 19.6 Å². The van der Waals surface area contributed by atoms with Gasteiger partial charge in [-0.05, 0) is 76.3 Å². The molecule has 2 saturated heterocycles. The normalized spacial score (nSPS) is 18.1. The van der Waals surface area contributed by atoms with Gasteiger partial charge in [-0.25, -0.2) is 4.68 Å². The molecule has 154 valence electrons. The Bertz CT molecular complexity index is 873. The predicted octanol–water partition coefficient (Wildman–Crippen LogP) is 3.35. The number of amides is 2. The summed E-state index contributed by atoms with van der Waals surface area (Å²) < 4.78 is 1.89. The smallest absolute Gasteiger partial charge is 0.253 e. The van der Waals surface area contributed by atoms with Gasteiger partial charge in [0.05, 0.1) is 11.4 Å². The average molecular weight is 395 g/mol. The number of rotatable bonds is 3. The summed E-state index contributed by atoms with van der Waals surface area (Å²) in [4.78, 5) is 29.5. The number of carbonyl (C=O) groups is 2. The zero-order valence-electron chi connectivity index (χ0n) is 17.4. The highest BCUT2D eigenvalue weighted by Gasteiger charge is 2.31. The highest BCUT2D eigenvalue weighted by Crippen LogP contribution is 2.23. The van der Waals surface area contributed by atoms with Gasteiger partial charge in [0, 0.05) is 43.4 Å². The van der Waals surface area contributed by atoms with Crippen LogP contribution in [-0.4, -0.2) is 57.6 Å². The molecule has 2 aliphatic rings. The van der Waals surface area contributed by atoms with Crippen molar-refractivity contribution >= 4 is 11.8 Å². The number of carbonyl (C=O) groups excluding carboxylic acids is 2. The summed E-state index contributed by atoms with van der Waals surface area (Å²) in [7, 11) is 0. The Morgan fingerprint density at radius 1 is 0.897 bits per heavy atom. The lowest BCUT2D eigenvalue weighted by Crippen LogP contribution is -2.45. The summed E-state index contributed by atoms with van der Waals surface area (Å²) in [5.74, 6) is 0.422. The van der Waals surface area contributed by atoms with Gasteiger partial charge in [0.25, 0.3) is 5.91 Å². The zero-order chi connectivity index (χ0) is 20.4. The highest BCUT2D eigenvalue weighted by molar-refractivity contribution is 5.94. The molecule has 0 bridgehead atoms. The fraction of sp³-hybridized carbons (Fsp3) is 0.522. The first-order valence-corrected chi connectivity index (χ1v) is 10.7. The molecule has 0 unspecified atom stereocenters. The fourth-order valence-corrected chi connectivity index (χ4v) is 4.52. The van der Waals surface area contributed by atoms with Gasteiger partial charge in [-0.3, -0.25) is 9.59 Å². The maximum atomic E-state index is 12.9. The van der Waals surface area contributed by atoms with Crippen molar-refractivity contribution in [2.75, 3.05) is 26.2 Å². The fourth-order valence-electron chi connectivity index (χ4n) is 4.52. The minimum absolute atomic E-state index is 0.0498. The molecule has 2 aliphatic heterocycles. The first-order chi connectivity index (χ1) is 14.0. The van der Waals surface area contributed by atoms with Crippen LogP contribution in [0.15, 0.2) is 30.3 Å². The third-order valence-electron chi connectivity index (χ3n) is 6.17. The van der Waals surface area contributed by atoms with Gasteiger partial charge in [0.1, 0.15) is 0 Å². The SMILES string of the molecule is Cc1cc(C)n(-c2ccc(C(=O)N3CCC(C(=O)N4CCCCC4)CC3)cc2)n1. The van der Waals surface area contributed by atoms with Crippen molar-refractivity contribution in [2.45, 2.75) is 46.0 Å². The molecule has 1 aromatic heterocycles. The van der Waals surface area contributed by atoms with Gasteiger partial charge in [-0.1, -0.05) is 0 Å². The van der Waals surface area contributed by atoms with Crippen molar-refractivity contribution < 1.29 is 9.59 Å². The van der Waals surface area contributed by atoms with Gasteiger partial charge in [-0.15, -0.1) is 0 Å². The summed E-state index contributed by atoms with van der Waals surface area (Å²) in [6, 6.07) is 9.67.